The van der Waals surface area contributed by atoms with E-state index in [4.69, 9.17) is 4.52 Å². The normalized spacial score (nSPS) is 34.8. The van der Waals surface area contributed by atoms with Crippen LogP contribution < -0.4 is 15.4 Å². The molecular formula is C20H31N5O4S. The van der Waals surface area contributed by atoms with Crippen molar-refractivity contribution < 1.29 is 17.7 Å². The van der Waals surface area contributed by atoms with Gasteiger partial charge in [-0.25, -0.2) is 0 Å². The molecule has 1 aromatic rings. The molecule has 30 heavy (non-hydrogen) atoms. The predicted molar refractivity (Wildman–Crippen MR) is 110 cm³/mol. The van der Waals surface area contributed by atoms with Crippen LogP contribution in [0, 0.1) is 0 Å². The molecule has 5 atom stereocenters. The summed E-state index contributed by atoms with van der Waals surface area (Å²) in [6, 6.07) is 1.87. The number of nitrogens with one attached hydrogen (secondary N) is 3. The van der Waals surface area contributed by atoms with Crippen molar-refractivity contribution in [1.82, 2.24) is 24.8 Å². The van der Waals surface area contributed by atoms with E-state index in [1.54, 1.807) is 10.4 Å². The van der Waals surface area contributed by atoms with Gasteiger partial charge in [0.2, 0.25) is 0 Å². The quantitative estimate of drug-likeness (QED) is 0.617. The predicted octanol–water partition coefficient (Wildman–Crippen LogP) is 1.25. The molecule has 4 aliphatic rings. The fraction of sp³-hybridized carbons (Fsp3) is 0.800. The minimum absolute atomic E-state index is 0.0177. The van der Waals surface area contributed by atoms with Crippen LogP contribution in [-0.4, -0.2) is 60.5 Å². The summed E-state index contributed by atoms with van der Waals surface area (Å²) in [5.74, 6) is 0.978. The van der Waals surface area contributed by atoms with Crippen molar-refractivity contribution in [2.24, 2.45) is 0 Å². The van der Waals surface area contributed by atoms with Gasteiger partial charge in [-0.05, 0) is 64.8 Å². The first-order valence-corrected chi connectivity index (χ1v) is 12.6. The molecule has 1 aromatic heterocycles. The molecule has 166 valence electrons. The average Bonchev–Trinajstić information content (AvgIpc) is 3.33. The summed E-state index contributed by atoms with van der Waals surface area (Å²) in [5, 5.41) is 10.3. The van der Waals surface area contributed by atoms with Gasteiger partial charge in [-0.3, -0.25) is 4.79 Å². The third kappa shape index (κ3) is 4.15. The molecule has 0 radical (unpaired) electrons. The largest absolute Gasteiger partial charge is 0.360 e. The van der Waals surface area contributed by atoms with E-state index in [9.17, 15) is 13.2 Å². The van der Waals surface area contributed by atoms with Crippen LogP contribution in [0.3, 0.4) is 0 Å². The van der Waals surface area contributed by atoms with Crippen LogP contribution in [0.5, 0.6) is 0 Å². The summed E-state index contributed by atoms with van der Waals surface area (Å²) in [6.45, 7) is 2.92. The third-order valence-corrected chi connectivity index (χ3v) is 8.74. The van der Waals surface area contributed by atoms with Crippen LogP contribution in [-0.2, 0) is 10.2 Å². The molecule has 1 saturated carbocycles. The zero-order valence-electron chi connectivity index (χ0n) is 17.3. The topological polar surface area (TPSA) is 117 Å². The van der Waals surface area contributed by atoms with Crippen LogP contribution in [0.1, 0.15) is 80.5 Å². The van der Waals surface area contributed by atoms with Gasteiger partial charge in [0.1, 0.15) is 5.76 Å². The summed E-state index contributed by atoms with van der Waals surface area (Å²) < 4.78 is 36.2. The molecule has 3 aliphatic heterocycles. The van der Waals surface area contributed by atoms with E-state index in [1.165, 1.54) is 0 Å². The first kappa shape index (κ1) is 20.4. The van der Waals surface area contributed by atoms with E-state index in [1.807, 2.05) is 0 Å². The summed E-state index contributed by atoms with van der Waals surface area (Å²) in [4.78, 5) is 12.6. The van der Waals surface area contributed by atoms with E-state index in [2.05, 4.69) is 27.4 Å². The molecule has 5 rings (SSSR count). The number of aromatic nitrogens is 1. The Morgan fingerprint density at radius 3 is 2.53 bits per heavy atom. The van der Waals surface area contributed by atoms with Crippen molar-refractivity contribution in [1.29, 1.82) is 0 Å². The number of hydrogen-bond donors (Lipinski definition) is 3. The number of amides is 1. The minimum atomic E-state index is -3.53. The van der Waals surface area contributed by atoms with Crippen molar-refractivity contribution in [2.75, 3.05) is 6.54 Å². The van der Waals surface area contributed by atoms with Gasteiger partial charge in [-0.1, -0.05) is 5.16 Å². The van der Waals surface area contributed by atoms with Crippen LogP contribution in [0.4, 0.5) is 0 Å². The van der Waals surface area contributed by atoms with E-state index >= 15 is 0 Å². The molecule has 3 saturated heterocycles. The first-order chi connectivity index (χ1) is 14.4. The van der Waals surface area contributed by atoms with Gasteiger partial charge in [-0.2, -0.15) is 17.4 Å². The smallest absolute Gasteiger partial charge is 0.280 e. The van der Waals surface area contributed by atoms with Gasteiger partial charge in [-0.15, -0.1) is 0 Å². The van der Waals surface area contributed by atoms with Crippen LogP contribution in [0.25, 0.3) is 0 Å². The Labute approximate surface area is 177 Å². The number of piperidine rings is 2. The van der Waals surface area contributed by atoms with Gasteiger partial charge >= 0.3 is 0 Å². The van der Waals surface area contributed by atoms with Crippen molar-refractivity contribution in [3.05, 3.63) is 17.5 Å². The fourth-order valence-electron chi connectivity index (χ4n) is 5.37. The van der Waals surface area contributed by atoms with Crippen molar-refractivity contribution in [2.45, 2.75) is 94.4 Å². The summed E-state index contributed by atoms with van der Waals surface area (Å²) in [5.41, 5.74) is 0.320. The maximum Gasteiger partial charge on any atom is 0.280 e. The Morgan fingerprint density at radius 2 is 1.87 bits per heavy atom. The molecule has 1 amide bonds. The minimum Gasteiger partial charge on any atom is -0.360 e. The van der Waals surface area contributed by atoms with Crippen LogP contribution in [0.2, 0.25) is 0 Å². The van der Waals surface area contributed by atoms with Gasteiger partial charge in [0.25, 0.3) is 16.1 Å². The zero-order chi connectivity index (χ0) is 20.9. The maximum absolute atomic E-state index is 13.1. The number of fused-ring (bicyclic) bond motifs is 2. The van der Waals surface area contributed by atoms with Gasteiger partial charge in [0.15, 0.2) is 5.69 Å². The molecule has 0 unspecified atom stereocenters. The lowest BCUT2D eigenvalue weighted by Crippen LogP contribution is -2.57. The molecule has 1 aliphatic carbocycles. The van der Waals surface area contributed by atoms with Crippen molar-refractivity contribution in [3.63, 3.8) is 0 Å². The summed E-state index contributed by atoms with van der Waals surface area (Å²) in [7, 11) is -3.53. The average molecular weight is 438 g/mol. The van der Waals surface area contributed by atoms with Gasteiger partial charge in [0.05, 0.1) is 0 Å². The molecule has 3 N–H and O–H groups in total. The maximum atomic E-state index is 13.1. The second-order valence-electron chi connectivity index (χ2n) is 9.44. The Kier molecular flexibility index (Phi) is 5.37. The summed E-state index contributed by atoms with van der Waals surface area (Å²) in [6.07, 6.45) is 6.77. The van der Waals surface area contributed by atoms with Crippen molar-refractivity contribution >= 4 is 16.1 Å². The second-order valence-corrected chi connectivity index (χ2v) is 11.1. The molecule has 0 spiro atoms. The number of carbonyl (C=O) groups is 1. The molecule has 0 aromatic carbocycles. The Bertz CT molecular complexity index is 885. The SMILES string of the molecule is C[C@@H]1C[C@@H](NS(=O)(=O)N2[C@@H]3CC[C@H]2C[C@@H](NC(=O)c2cc(C4CC4)on2)C3)CCN1. The molecule has 2 bridgehead atoms. The highest BCUT2D eigenvalue weighted by molar-refractivity contribution is 7.87. The van der Waals surface area contributed by atoms with Crippen LogP contribution >= 0.6 is 0 Å². The Hall–Kier alpha value is -1.49. The standard InChI is InChI=1S/C20H31N5O4S/c1-12-8-14(6-7-21-12)24-30(27,28)25-16-4-5-17(25)10-15(9-16)22-20(26)18-11-19(29-23-18)13-2-3-13/h11-17,21,24H,2-10H2,1H3,(H,22,26)/t12-,14+,15-,16+,17-/m1/s1. The highest BCUT2D eigenvalue weighted by Crippen LogP contribution is 2.40. The number of nitrogens with zero attached hydrogens (tertiary/aromatic N) is 2. The van der Waals surface area contributed by atoms with E-state index < -0.39 is 10.2 Å². The number of rotatable bonds is 6. The van der Waals surface area contributed by atoms with E-state index in [0.717, 1.165) is 50.8 Å². The molecule has 4 fully saturated rings. The highest BCUT2D eigenvalue weighted by atomic mass is 32.2. The molecule has 4 heterocycles. The summed E-state index contributed by atoms with van der Waals surface area (Å²) >= 11 is 0. The first-order valence-electron chi connectivity index (χ1n) is 11.2. The Morgan fingerprint density at radius 1 is 1.13 bits per heavy atom. The zero-order valence-corrected chi connectivity index (χ0v) is 18.2. The van der Waals surface area contributed by atoms with E-state index in [-0.39, 0.29) is 30.1 Å². The van der Waals surface area contributed by atoms with Crippen LogP contribution in [0.15, 0.2) is 10.6 Å². The molecule has 10 heteroatoms. The molecular weight excluding hydrogens is 406 g/mol. The van der Waals surface area contributed by atoms with Gasteiger partial charge < -0.3 is 15.2 Å². The lowest BCUT2D eigenvalue weighted by molar-refractivity contribution is 0.0899. The lowest BCUT2D eigenvalue weighted by atomic mass is 9.99. The lowest BCUT2D eigenvalue weighted by Gasteiger charge is -2.39. The third-order valence-electron chi connectivity index (χ3n) is 6.96. The Balaban J connectivity index is 1.20. The second kappa shape index (κ2) is 7.89. The van der Waals surface area contributed by atoms with Crippen molar-refractivity contribution in [3.8, 4) is 0 Å². The monoisotopic (exact) mass is 437 g/mol. The molecule has 9 nitrogen and oxygen atoms in total. The number of carbonyl (C=O) groups excluding carboxylic acids is 1. The fourth-order valence-corrected chi connectivity index (χ4v) is 7.30. The van der Waals surface area contributed by atoms with Gasteiger partial charge in [0, 0.05) is 42.2 Å². The highest BCUT2D eigenvalue weighted by Gasteiger charge is 2.47. The number of hydrogen-bond acceptors (Lipinski definition) is 6. The van der Waals surface area contributed by atoms with E-state index in [0.29, 0.717) is 30.5 Å².